The molecule has 3 N–H and O–H groups in total. The third-order valence-corrected chi connectivity index (χ3v) is 3.94. The first-order valence-electron chi connectivity index (χ1n) is 7.51. The van der Waals surface area contributed by atoms with Crippen LogP contribution in [0.4, 0.5) is 16.3 Å². The number of aromatic amines is 1. The number of rotatable bonds is 7. The summed E-state index contributed by atoms with van der Waals surface area (Å²) in [6.45, 7) is 8.25. The lowest BCUT2D eigenvalue weighted by Gasteiger charge is -2.27. The summed E-state index contributed by atoms with van der Waals surface area (Å²) in [5.74, 6) is 0.963. The highest BCUT2D eigenvalue weighted by Crippen LogP contribution is 2.29. The van der Waals surface area contributed by atoms with Gasteiger partial charge in [-0.15, -0.1) is 0 Å². The summed E-state index contributed by atoms with van der Waals surface area (Å²) >= 11 is 2.27. The number of aromatic nitrogens is 1. The van der Waals surface area contributed by atoms with Crippen molar-refractivity contribution in [3.8, 4) is 0 Å². The molecule has 0 aliphatic heterocycles. The van der Waals surface area contributed by atoms with Gasteiger partial charge < -0.3 is 30.0 Å². The molecule has 1 rings (SSSR count). The minimum Gasteiger partial charge on any atom is -0.444 e. The van der Waals surface area contributed by atoms with Gasteiger partial charge in [0.2, 0.25) is 0 Å². The van der Waals surface area contributed by atoms with Crippen LogP contribution in [0.15, 0.2) is 6.20 Å². The van der Waals surface area contributed by atoms with Gasteiger partial charge in [0.15, 0.2) is 0 Å². The Bertz CT molecular complexity index is 513. The van der Waals surface area contributed by atoms with Crippen molar-refractivity contribution in [3.05, 3.63) is 9.77 Å². The third-order valence-electron chi connectivity index (χ3n) is 3.09. The maximum atomic E-state index is 11.5. The van der Waals surface area contributed by atoms with E-state index in [0.29, 0.717) is 13.2 Å². The fraction of sp³-hybridized carbons (Fsp3) is 0.667. The van der Waals surface area contributed by atoms with Crippen molar-refractivity contribution in [2.75, 3.05) is 37.5 Å². The van der Waals surface area contributed by atoms with E-state index < -0.39 is 11.7 Å². The molecule has 0 bridgehead atoms. The average Bonchev–Trinajstić information content (AvgIpc) is 2.81. The first kappa shape index (κ1) is 19.9. The van der Waals surface area contributed by atoms with Gasteiger partial charge >= 0.3 is 6.09 Å². The molecule has 1 atom stereocenters. The summed E-state index contributed by atoms with van der Waals surface area (Å²) in [6, 6.07) is 0. The minimum absolute atomic E-state index is 0.142. The van der Waals surface area contributed by atoms with E-state index in [0.717, 1.165) is 15.1 Å². The van der Waals surface area contributed by atoms with Crippen molar-refractivity contribution < 1.29 is 14.3 Å². The van der Waals surface area contributed by atoms with Gasteiger partial charge in [-0.3, -0.25) is 0 Å². The summed E-state index contributed by atoms with van der Waals surface area (Å²) in [5.41, 5.74) is 0.544. The van der Waals surface area contributed by atoms with Crippen LogP contribution < -0.4 is 15.5 Å². The highest BCUT2D eigenvalue weighted by atomic mass is 127. The van der Waals surface area contributed by atoms with E-state index in [2.05, 4.69) is 38.2 Å². The first-order chi connectivity index (χ1) is 10.7. The summed E-state index contributed by atoms with van der Waals surface area (Å²) in [7, 11) is 3.84. The summed E-state index contributed by atoms with van der Waals surface area (Å²) in [6.07, 6.45) is 1.37. The topological polar surface area (TPSA) is 78.6 Å². The maximum Gasteiger partial charge on any atom is 0.407 e. The quantitative estimate of drug-likeness (QED) is 0.347. The van der Waals surface area contributed by atoms with E-state index in [4.69, 9.17) is 9.47 Å². The Morgan fingerprint density at radius 3 is 2.70 bits per heavy atom. The molecule has 0 aromatic carbocycles. The number of nitrogens with one attached hydrogen (secondary N) is 3. The second-order valence-electron chi connectivity index (χ2n) is 6.12. The monoisotopic (exact) mass is 438 g/mol. The molecule has 1 aromatic rings. The molecule has 1 aromatic heterocycles. The number of anilines is 2. The Balaban J connectivity index is 2.39. The van der Waals surface area contributed by atoms with Crippen molar-refractivity contribution in [2.45, 2.75) is 39.5 Å². The zero-order valence-corrected chi connectivity index (χ0v) is 16.8. The average molecular weight is 438 g/mol. The predicted octanol–water partition coefficient (Wildman–Crippen LogP) is 2.98. The van der Waals surface area contributed by atoms with E-state index in [1.165, 1.54) is 0 Å². The molecule has 0 aliphatic rings. The SMILES string of the molecule is CNc1c(I)c[nH]c1N(C)C(C)OCCNC(=O)OC(C)(C)C. The molecule has 0 saturated carbocycles. The molecular weight excluding hydrogens is 411 g/mol. The Labute approximate surface area is 151 Å². The van der Waals surface area contributed by atoms with Gasteiger partial charge in [0.1, 0.15) is 17.6 Å². The molecule has 7 nitrogen and oxygen atoms in total. The third kappa shape index (κ3) is 6.46. The van der Waals surface area contributed by atoms with Crippen molar-refractivity contribution in [3.63, 3.8) is 0 Å². The highest BCUT2D eigenvalue weighted by molar-refractivity contribution is 14.1. The molecule has 0 radical (unpaired) electrons. The smallest absolute Gasteiger partial charge is 0.407 e. The molecule has 0 aliphatic carbocycles. The number of nitrogens with zero attached hydrogens (tertiary/aromatic N) is 1. The number of carbonyl (C=O) groups excluding carboxylic acids is 1. The molecule has 0 fully saturated rings. The van der Waals surface area contributed by atoms with Crippen LogP contribution in [0.3, 0.4) is 0 Å². The Morgan fingerprint density at radius 1 is 1.48 bits per heavy atom. The lowest BCUT2D eigenvalue weighted by Crippen LogP contribution is -2.37. The fourth-order valence-corrected chi connectivity index (χ4v) is 2.58. The second-order valence-corrected chi connectivity index (χ2v) is 7.28. The van der Waals surface area contributed by atoms with Crippen molar-refractivity contribution >= 4 is 40.2 Å². The van der Waals surface area contributed by atoms with Crippen LogP contribution in [0, 0.1) is 3.57 Å². The van der Waals surface area contributed by atoms with Gasteiger partial charge in [-0.2, -0.15) is 0 Å². The van der Waals surface area contributed by atoms with Gasteiger partial charge in [0.25, 0.3) is 0 Å². The Kier molecular flexibility index (Phi) is 7.46. The molecule has 1 heterocycles. The number of H-pyrrole nitrogens is 1. The van der Waals surface area contributed by atoms with Crippen LogP contribution in [0.25, 0.3) is 0 Å². The number of hydrogen-bond donors (Lipinski definition) is 3. The molecular formula is C15H27IN4O3. The lowest BCUT2D eigenvalue weighted by molar-refractivity contribution is 0.0435. The maximum absolute atomic E-state index is 11.5. The summed E-state index contributed by atoms with van der Waals surface area (Å²) in [5, 5.41) is 5.85. The van der Waals surface area contributed by atoms with Gasteiger partial charge in [-0.05, 0) is 50.3 Å². The Hall–Kier alpha value is -1.16. The van der Waals surface area contributed by atoms with Gasteiger partial charge in [0, 0.05) is 26.8 Å². The number of halogens is 1. The van der Waals surface area contributed by atoms with Crippen LogP contribution >= 0.6 is 22.6 Å². The van der Waals surface area contributed by atoms with Crippen LogP contribution in [0.5, 0.6) is 0 Å². The molecule has 0 spiro atoms. The molecule has 1 amide bonds. The number of alkyl carbamates (subject to hydrolysis) is 1. The zero-order valence-electron chi connectivity index (χ0n) is 14.6. The van der Waals surface area contributed by atoms with Crippen molar-refractivity contribution in [1.82, 2.24) is 10.3 Å². The van der Waals surface area contributed by atoms with Gasteiger partial charge in [-0.1, -0.05) is 0 Å². The van der Waals surface area contributed by atoms with Crippen molar-refractivity contribution in [1.29, 1.82) is 0 Å². The fourth-order valence-electron chi connectivity index (χ4n) is 1.90. The summed E-state index contributed by atoms with van der Waals surface area (Å²) in [4.78, 5) is 16.8. The number of carbonyl (C=O) groups is 1. The van der Waals surface area contributed by atoms with Crippen LogP contribution in [0.1, 0.15) is 27.7 Å². The van der Waals surface area contributed by atoms with Crippen LogP contribution in [-0.4, -0.2) is 50.2 Å². The highest BCUT2D eigenvalue weighted by Gasteiger charge is 2.18. The van der Waals surface area contributed by atoms with E-state index in [9.17, 15) is 4.79 Å². The number of amides is 1. The largest absolute Gasteiger partial charge is 0.444 e. The predicted molar refractivity (Wildman–Crippen MR) is 101 cm³/mol. The van der Waals surface area contributed by atoms with E-state index in [-0.39, 0.29) is 6.23 Å². The first-order valence-corrected chi connectivity index (χ1v) is 8.59. The summed E-state index contributed by atoms with van der Waals surface area (Å²) < 4.78 is 12.0. The number of hydrogen-bond acceptors (Lipinski definition) is 5. The van der Waals surface area contributed by atoms with Gasteiger partial charge in [0.05, 0.1) is 15.9 Å². The molecule has 132 valence electrons. The molecule has 0 saturated heterocycles. The van der Waals surface area contributed by atoms with E-state index in [1.54, 1.807) is 0 Å². The van der Waals surface area contributed by atoms with E-state index in [1.807, 2.05) is 52.9 Å². The van der Waals surface area contributed by atoms with Gasteiger partial charge in [-0.25, -0.2) is 4.79 Å². The van der Waals surface area contributed by atoms with E-state index >= 15 is 0 Å². The lowest BCUT2D eigenvalue weighted by atomic mass is 10.2. The van der Waals surface area contributed by atoms with Crippen molar-refractivity contribution in [2.24, 2.45) is 0 Å². The standard InChI is InChI=1S/C15H27IN4O3/c1-10(20(6)13-12(17-5)11(16)9-19-13)22-8-7-18-14(21)23-15(2,3)4/h9-10,17,19H,7-8H2,1-6H3,(H,18,21). The van der Waals surface area contributed by atoms with Crippen LogP contribution in [0.2, 0.25) is 0 Å². The normalized spacial score (nSPS) is 12.7. The zero-order chi connectivity index (χ0) is 17.6. The molecule has 1 unspecified atom stereocenters. The molecule has 8 heteroatoms. The minimum atomic E-state index is -0.493. The number of ether oxygens (including phenoxy) is 2. The Morgan fingerprint density at radius 2 is 2.13 bits per heavy atom. The molecule has 23 heavy (non-hydrogen) atoms. The second kappa shape index (κ2) is 8.62. The van der Waals surface area contributed by atoms with Crippen LogP contribution in [-0.2, 0) is 9.47 Å².